The summed E-state index contributed by atoms with van der Waals surface area (Å²) in [5.74, 6) is 1.47. The zero-order valence-corrected chi connectivity index (χ0v) is 15.4. The molecule has 4 rings (SSSR count). The van der Waals surface area contributed by atoms with Crippen molar-refractivity contribution in [2.24, 2.45) is 11.8 Å². The Kier molecular flexibility index (Phi) is 5.31. The van der Waals surface area contributed by atoms with Crippen molar-refractivity contribution in [2.45, 2.75) is 12.6 Å². The summed E-state index contributed by atoms with van der Waals surface area (Å²) < 4.78 is 11.3. The number of ether oxygens (including phenoxy) is 2. The van der Waals surface area contributed by atoms with Gasteiger partial charge in [0.05, 0.1) is 26.0 Å². The van der Waals surface area contributed by atoms with E-state index in [1.165, 1.54) is 18.0 Å². The molecule has 3 atom stereocenters. The van der Waals surface area contributed by atoms with Gasteiger partial charge in [-0.15, -0.1) is 0 Å². The summed E-state index contributed by atoms with van der Waals surface area (Å²) in [5.41, 5.74) is 1.58. The van der Waals surface area contributed by atoms with Crippen molar-refractivity contribution in [3.8, 4) is 5.75 Å². The zero-order valence-electron chi connectivity index (χ0n) is 15.4. The second-order valence-corrected chi connectivity index (χ2v) is 7.14. The maximum Gasteiger partial charge on any atom is 0.271 e. The minimum Gasteiger partial charge on any atom is -0.497 e. The summed E-state index contributed by atoms with van der Waals surface area (Å²) in [6.45, 7) is 4.09. The molecular formula is C20H24N4O3. The fourth-order valence-electron chi connectivity index (χ4n) is 3.98. The Morgan fingerprint density at radius 2 is 2.30 bits per heavy atom. The molecule has 7 heteroatoms. The molecular weight excluding hydrogens is 344 g/mol. The number of methoxy groups -OCH3 is 1. The van der Waals surface area contributed by atoms with Gasteiger partial charge in [0.15, 0.2) is 0 Å². The first-order chi connectivity index (χ1) is 13.2. The van der Waals surface area contributed by atoms with Crippen LogP contribution in [0.1, 0.15) is 16.1 Å². The van der Waals surface area contributed by atoms with Crippen molar-refractivity contribution in [2.75, 3.05) is 33.4 Å². The van der Waals surface area contributed by atoms with Crippen LogP contribution in [0.5, 0.6) is 5.75 Å². The monoisotopic (exact) mass is 368 g/mol. The Morgan fingerprint density at radius 3 is 3.11 bits per heavy atom. The Labute approximate surface area is 158 Å². The molecule has 2 saturated heterocycles. The molecule has 2 aliphatic rings. The van der Waals surface area contributed by atoms with Gasteiger partial charge in [0, 0.05) is 50.4 Å². The molecule has 7 nitrogen and oxygen atoms in total. The van der Waals surface area contributed by atoms with Gasteiger partial charge >= 0.3 is 0 Å². The number of nitrogens with one attached hydrogen (secondary N) is 1. The largest absolute Gasteiger partial charge is 0.497 e. The molecule has 2 fully saturated rings. The van der Waals surface area contributed by atoms with E-state index in [9.17, 15) is 4.79 Å². The number of nitrogens with zero attached hydrogens (tertiary/aromatic N) is 3. The number of hydrogen-bond acceptors (Lipinski definition) is 6. The number of hydrogen-bond donors (Lipinski definition) is 1. The normalized spacial score (nSPS) is 24.6. The van der Waals surface area contributed by atoms with Gasteiger partial charge in [0.25, 0.3) is 5.91 Å². The lowest BCUT2D eigenvalue weighted by Gasteiger charge is -2.20. The molecule has 1 aromatic heterocycles. The number of aromatic nitrogens is 2. The standard InChI is InChI=1S/C20H24N4O3/c1-26-16-4-2-3-14(7-16)10-24-11-17-15(13-27-19(17)12-24)8-23-20(25)18-9-21-5-6-22-18/h2-7,9,15,17,19H,8,10-13H2,1H3,(H,23,25)/t15-,17+,19+/m0/s1. The first-order valence-corrected chi connectivity index (χ1v) is 9.24. The highest BCUT2D eigenvalue weighted by Crippen LogP contribution is 2.34. The second kappa shape index (κ2) is 8.02. The predicted molar refractivity (Wildman–Crippen MR) is 99.4 cm³/mol. The highest BCUT2D eigenvalue weighted by molar-refractivity contribution is 5.91. The minimum atomic E-state index is -0.183. The van der Waals surface area contributed by atoms with E-state index in [1.54, 1.807) is 13.3 Å². The van der Waals surface area contributed by atoms with Gasteiger partial charge < -0.3 is 14.8 Å². The van der Waals surface area contributed by atoms with Crippen LogP contribution in [-0.4, -0.2) is 60.2 Å². The van der Waals surface area contributed by atoms with Gasteiger partial charge in [-0.2, -0.15) is 0 Å². The van der Waals surface area contributed by atoms with Crippen LogP contribution in [0.2, 0.25) is 0 Å². The van der Waals surface area contributed by atoms with E-state index >= 15 is 0 Å². The topological polar surface area (TPSA) is 76.6 Å². The number of likely N-dealkylation sites (tertiary alicyclic amines) is 1. The molecule has 1 amide bonds. The van der Waals surface area contributed by atoms with Crippen LogP contribution in [-0.2, 0) is 11.3 Å². The Morgan fingerprint density at radius 1 is 1.37 bits per heavy atom. The lowest BCUT2D eigenvalue weighted by Crippen LogP contribution is -2.34. The van der Waals surface area contributed by atoms with Crippen LogP contribution in [0.25, 0.3) is 0 Å². The van der Waals surface area contributed by atoms with Gasteiger partial charge in [0.2, 0.25) is 0 Å². The highest BCUT2D eigenvalue weighted by Gasteiger charge is 2.43. The number of carbonyl (C=O) groups is 1. The van der Waals surface area contributed by atoms with Gasteiger partial charge in [-0.25, -0.2) is 4.98 Å². The summed E-state index contributed by atoms with van der Waals surface area (Å²) in [6.07, 6.45) is 4.81. The van der Waals surface area contributed by atoms with E-state index in [4.69, 9.17) is 9.47 Å². The Balaban J connectivity index is 1.31. The van der Waals surface area contributed by atoms with E-state index < -0.39 is 0 Å². The molecule has 1 aromatic carbocycles. The van der Waals surface area contributed by atoms with E-state index in [0.717, 1.165) is 25.4 Å². The van der Waals surface area contributed by atoms with E-state index in [-0.39, 0.29) is 12.0 Å². The van der Waals surface area contributed by atoms with Crippen molar-refractivity contribution in [3.63, 3.8) is 0 Å². The molecule has 3 heterocycles. The maximum atomic E-state index is 12.2. The average molecular weight is 368 g/mol. The molecule has 27 heavy (non-hydrogen) atoms. The lowest BCUT2D eigenvalue weighted by molar-refractivity contribution is 0.0901. The highest BCUT2D eigenvalue weighted by atomic mass is 16.5. The van der Waals surface area contributed by atoms with Gasteiger partial charge in [-0.05, 0) is 17.7 Å². The van der Waals surface area contributed by atoms with Crippen LogP contribution in [0, 0.1) is 11.8 Å². The fraction of sp³-hybridized carbons (Fsp3) is 0.450. The predicted octanol–water partition coefficient (Wildman–Crippen LogP) is 1.36. The minimum absolute atomic E-state index is 0.183. The molecule has 0 aliphatic carbocycles. The number of carbonyl (C=O) groups excluding carboxylic acids is 1. The molecule has 1 N–H and O–H groups in total. The number of amides is 1. The van der Waals surface area contributed by atoms with Crippen molar-refractivity contribution >= 4 is 5.91 Å². The molecule has 0 spiro atoms. The summed E-state index contributed by atoms with van der Waals surface area (Å²) in [5, 5.41) is 2.98. The van der Waals surface area contributed by atoms with Crippen molar-refractivity contribution in [3.05, 3.63) is 54.1 Å². The Hall–Kier alpha value is -2.51. The Bertz CT molecular complexity index is 786. The third-order valence-electron chi connectivity index (χ3n) is 5.38. The summed E-state index contributed by atoms with van der Waals surface area (Å²) in [4.78, 5) is 22.6. The van der Waals surface area contributed by atoms with Gasteiger partial charge in [-0.3, -0.25) is 14.7 Å². The van der Waals surface area contributed by atoms with Crippen LogP contribution < -0.4 is 10.1 Å². The number of fused-ring (bicyclic) bond motifs is 1. The lowest BCUT2D eigenvalue weighted by atomic mass is 9.93. The summed E-state index contributed by atoms with van der Waals surface area (Å²) in [7, 11) is 1.69. The maximum absolute atomic E-state index is 12.2. The molecule has 0 saturated carbocycles. The smallest absolute Gasteiger partial charge is 0.271 e. The average Bonchev–Trinajstić information content (AvgIpc) is 3.27. The third kappa shape index (κ3) is 4.09. The van der Waals surface area contributed by atoms with Crippen molar-refractivity contribution < 1.29 is 14.3 Å². The number of benzene rings is 1. The third-order valence-corrected chi connectivity index (χ3v) is 5.38. The SMILES string of the molecule is COc1cccc(CN2C[C@@H]3[C@@H](CNC(=O)c4cnccn4)CO[C@@H]3C2)c1. The molecule has 142 valence electrons. The molecule has 0 unspecified atom stereocenters. The molecule has 2 aliphatic heterocycles. The fourth-order valence-corrected chi connectivity index (χ4v) is 3.98. The summed E-state index contributed by atoms with van der Waals surface area (Å²) >= 11 is 0. The van der Waals surface area contributed by atoms with Crippen LogP contribution in [0.4, 0.5) is 0 Å². The number of rotatable bonds is 6. The first-order valence-electron chi connectivity index (χ1n) is 9.24. The molecule has 2 aromatic rings. The van der Waals surface area contributed by atoms with E-state index in [2.05, 4.69) is 32.3 Å². The summed E-state index contributed by atoms with van der Waals surface area (Å²) in [6, 6.07) is 8.18. The molecule has 0 bridgehead atoms. The second-order valence-electron chi connectivity index (χ2n) is 7.14. The van der Waals surface area contributed by atoms with E-state index in [1.807, 2.05) is 12.1 Å². The van der Waals surface area contributed by atoms with Crippen LogP contribution in [0.15, 0.2) is 42.9 Å². The van der Waals surface area contributed by atoms with Crippen molar-refractivity contribution in [1.29, 1.82) is 0 Å². The van der Waals surface area contributed by atoms with Crippen LogP contribution in [0.3, 0.4) is 0 Å². The quantitative estimate of drug-likeness (QED) is 0.830. The van der Waals surface area contributed by atoms with E-state index in [0.29, 0.717) is 30.7 Å². The van der Waals surface area contributed by atoms with Gasteiger partial charge in [-0.1, -0.05) is 12.1 Å². The van der Waals surface area contributed by atoms with Gasteiger partial charge in [0.1, 0.15) is 11.4 Å². The first kappa shape index (κ1) is 17.9. The zero-order chi connectivity index (χ0) is 18.6. The van der Waals surface area contributed by atoms with Crippen LogP contribution >= 0.6 is 0 Å². The molecule has 0 radical (unpaired) electrons. The van der Waals surface area contributed by atoms with Crippen molar-refractivity contribution in [1.82, 2.24) is 20.2 Å².